The second-order valence-corrected chi connectivity index (χ2v) is 5.90. The molecule has 0 spiro atoms. The van der Waals surface area contributed by atoms with Crippen LogP contribution in [0.25, 0.3) is 0 Å². The fraction of sp³-hybridized carbons (Fsp3) is 0.857. The standard InChI is InChI=1S/C14H25N3O2.ClH/c1-16-12(18)11-5-9-17(10-6-11)13(19)14(15)7-3-2-4-8-14;/h11H,2-10,15H2,1H3,(H,16,18);1H. The highest BCUT2D eigenvalue weighted by Crippen LogP contribution is 2.29. The van der Waals surface area contributed by atoms with Crippen molar-refractivity contribution in [3.05, 3.63) is 0 Å². The van der Waals surface area contributed by atoms with E-state index in [1.54, 1.807) is 7.05 Å². The molecule has 1 aliphatic carbocycles. The number of hydrogen-bond donors (Lipinski definition) is 2. The van der Waals surface area contributed by atoms with E-state index in [1.807, 2.05) is 4.90 Å². The van der Waals surface area contributed by atoms with Gasteiger partial charge in [-0.2, -0.15) is 0 Å². The van der Waals surface area contributed by atoms with E-state index >= 15 is 0 Å². The Kier molecular flexibility index (Phi) is 6.27. The first kappa shape index (κ1) is 17.2. The van der Waals surface area contributed by atoms with Crippen LogP contribution in [0.4, 0.5) is 0 Å². The van der Waals surface area contributed by atoms with E-state index in [0.29, 0.717) is 13.1 Å². The molecule has 2 amide bonds. The number of likely N-dealkylation sites (tertiary alicyclic amines) is 1. The molecular formula is C14H26ClN3O2. The van der Waals surface area contributed by atoms with Crippen molar-refractivity contribution in [1.29, 1.82) is 0 Å². The van der Waals surface area contributed by atoms with Gasteiger partial charge in [-0.05, 0) is 25.7 Å². The fourth-order valence-corrected chi connectivity index (χ4v) is 3.26. The molecule has 2 rings (SSSR count). The summed E-state index contributed by atoms with van der Waals surface area (Å²) in [4.78, 5) is 26.0. The molecule has 0 aromatic carbocycles. The van der Waals surface area contributed by atoms with Crippen LogP contribution in [0.5, 0.6) is 0 Å². The molecule has 2 aliphatic rings. The minimum atomic E-state index is -0.641. The maximum Gasteiger partial charge on any atom is 0.242 e. The molecular weight excluding hydrogens is 278 g/mol. The van der Waals surface area contributed by atoms with Crippen molar-refractivity contribution in [3.63, 3.8) is 0 Å². The quantitative estimate of drug-likeness (QED) is 0.801. The number of hydrogen-bond acceptors (Lipinski definition) is 3. The van der Waals surface area contributed by atoms with E-state index < -0.39 is 5.54 Å². The largest absolute Gasteiger partial charge is 0.359 e. The predicted octanol–water partition coefficient (Wildman–Crippen LogP) is 1.05. The van der Waals surface area contributed by atoms with Crippen molar-refractivity contribution in [1.82, 2.24) is 10.2 Å². The van der Waals surface area contributed by atoms with Gasteiger partial charge in [0.15, 0.2) is 0 Å². The molecule has 3 N–H and O–H groups in total. The van der Waals surface area contributed by atoms with Crippen molar-refractivity contribution >= 4 is 24.2 Å². The van der Waals surface area contributed by atoms with Gasteiger partial charge in [-0.3, -0.25) is 9.59 Å². The van der Waals surface area contributed by atoms with Gasteiger partial charge in [0.05, 0.1) is 5.54 Å². The number of nitrogens with one attached hydrogen (secondary N) is 1. The first-order valence-corrected chi connectivity index (χ1v) is 7.37. The number of nitrogens with zero attached hydrogens (tertiary/aromatic N) is 1. The first-order chi connectivity index (χ1) is 9.07. The van der Waals surface area contributed by atoms with Gasteiger partial charge in [-0.15, -0.1) is 12.4 Å². The highest BCUT2D eigenvalue weighted by molar-refractivity contribution is 5.86. The van der Waals surface area contributed by atoms with Gasteiger partial charge in [0.25, 0.3) is 0 Å². The van der Waals surface area contributed by atoms with Crippen LogP contribution in [0.1, 0.15) is 44.9 Å². The summed E-state index contributed by atoms with van der Waals surface area (Å²) >= 11 is 0. The molecule has 0 aromatic heterocycles. The van der Waals surface area contributed by atoms with Crippen LogP contribution >= 0.6 is 12.4 Å². The lowest BCUT2D eigenvalue weighted by Gasteiger charge is -2.39. The first-order valence-electron chi connectivity index (χ1n) is 7.37. The smallest absolute Gasteiger partial charge is 0.242 e. The summed E-state index contributed by atoms with van der Waals surface area (Å²) < 4.78 is 0. The summed E-state index contributed by atoms with van der Waals surface area (Å²) in [5.74, 6) is 0.240. The molecule has 1 aliphatic heterocycles. The van der Waals surface area contributed by atoms with Crippen molar-refractivity contribution in [2.75, 3.05) is 20.1 Å². The molecule has 20 heavy (non-hydrogen) atoms. The van der Waals surface area contributed by atoms with Crippen molar-refractivity contribution < 1.29 is 9.59 Å². The van der Waals surface area contributed by atoms with Gasteiger partial charge < -0.3 is 16.0 Å². The Hall–Kier alpha value is -0.810. The zero-order chi connectivity index (χ0) is 13.9. The Morgan fingerprint density at radius 3 is 2.20 bits per heavy atom. The number of rotatable bonds is 2. The fourth-order valence-electron chi connectivity index (χ4n) is 3.26. The number of piperidine rings is 1. The van der Waals surface area contributed by atoms with Crippen molar-refractivity contribution in [3.8, 4) is 0 Å². The van der Waals surface area contributed by atoms with Crippen LogP contribution in [0.2, 0.25) is 0 Å². The SMILES string of the molecule is CNC(=O)C1CCN(C(=O)C2(N)CCCCC2)CC1.Cl. The summed E-state index contributed by atoms with van der Waals surface area (Å²) in [6.45, 7) is 1.33. The minimum Gasteiger partial charge on any atom is -0.359 e. The van der Waals surface area contributed by atoms with E-state index in [4.69, 9.17) is 5.73 Å². The lowest BCUT2D eigenvalue weighted by atomic mass is 9.81. The van der Waals surface area contributed by atoms with Gasteiger partial charge in [-0.25, -0.2) is 0 Å². The zero-order valence-corrected chi connectivity index (χ0v) is 13.0. The summed E-state index contributed by atoms with van der Waals surface area (Å²) in [6, 6.07) is 0. The van der Waals surface area contributed by atoms with Gasteiger partial charge in [0.2, 0.25) is 11.8 Å². The Bertz CT molecular complexity index is 348. The normalized spacial score (nSPS) is 22.8. The summed E-state index contributed by atoms with van der Waals surface area (Å²) in [6.07, 6.45) is 6.41. The Labute approximate surface area is 127 Å². The molecule has 1 heterocycles. The lowest BCUT2D eigenvalue weighted by molar-refractivity contribution is -0.141. The average molecular weight is 304 g/mol. The van der Waals surface area contributed by atoms with Crippen LogP contribution in [-0.2, 0) is 9.59 Å². The van der Waals surface area contributed by atoms with E-state index in [9.17, 15) is 9.59 Å². The third-order valence-electron chi connectivity index (χ3n) is 4.57. The monoisotopic (exact) mass is 303 g/mol. The van der Waals surface area contributed by atoms with E-state index in [1.165, 1.54) is 6.42 Å². The van der Waals surface area contributed by atoms with Gasteiger partial charge >= 0.3 is 0 Å². The lowest BCUT2D eigenvalue weighted by Crippen LogP contribution is -2.58. The van der Waals surface area contributed by atoms with E-state index in [0.717, 1.165) is 38.5 Å². The second kappa shape index (κ2) is 7.27. The molecule has 116 valence electrons. The van der Waals surface area contributed by atoms with E-state index in [-0.39, 0.29) is 30.1 Å². The van der Waals surface area contributed by atoms with Crippen LogP contribution < -0.4 is 11.1 Å². The number of nitrogens with two attached hydrogens (primary N) is 1. The van der Waals surface area contributed by atoms with Crippen LogP contribution in [0.3, 0.4) is 0 Å². The van der Waals surface area contributed by atoms with Crippen LogP contribution in [0, 0.1) is 5.92 Å². The molecule has 6 heteroatoms. The maximum absolute atomic E-state index is 12.5. The number of halogens is 1. The third kappa shape index (κ3) is 3.64. The summed E-state index contributed by atoms with van der Waals surface area (Å²) in [7, 11) is 1.66. The summed E-state index contributed by atoms with van der Waals surface area (Å²) in [5.41, 5.74) is 5.64. The Morgan fingerprint density at radius 1 is 1.15 bits per heavy atom. The zero-order valence-electron chi connectivity index (χ0n) is 12.2. The highest BCUT2D eigenvalue weighted by atomic mass is 35.5. The van der Waals surface area contributed by atoms with Crippen molar-refractivity contribution in [2.45, 2.75) is 50.5 Å². The molecule has 0 bridgehead atoms. The van der Waals surface area contributed by atoms with Gasteiger partial charge in [0, 0.05) is 26.1 Å². The molecule has 1 saturated heterocycles. The molecule has 0 aromatic rings. The molecule has 2 fully saturated rings. The molecule has 0 radical (unpaired) electrons. The van der Waals surface area contributed by atoms with Crippen LogP contribution in [0.15, 0.2) is 0 Å². The highest BCUT2D eigenvalue weighted by Gasteiger charge is 2.39. The number of amides is 2. The third-order valence-corrected chi connectivity index (χ3v) is 4.57. The molecule has 0 atom stereocenters. The molecule has 1 saturated carbocycles. The number of carbonyl (C=O) groups is 2. The Morgan fingerprint density at radius 2 is 1.70 bits per heavy atom. The minimum absolute atomic E-state index is 0. The second-order valence-electron chi connectivity index (χ2n) is 5.90. The number of carbonyl (C=O) groups excluding carboxylic acids is 2. The van der Waals surface area contributed by atoms with Crippen molar-refractivity contribution in [2.24, 2.45) is 11.7 Å². The predicted molar refractivity (Wildman–Crippen MR) is 80.6 cm³/mol. The maximum atomic E-state index is 12.5. The van der Waals surface area contributed by atoms with E-state index in [2.05, 4.69) is 5.32 Å². The molecule has 5 nitrogen and oxygen atoms in total. The van der Waals surface area contributed by atoms with Gasteiger partial charge in [-0.1, -0.05) is 19.3 Å². The van der Waals surface area contributed by atoms with Crippen LogP contribution in [-0.4, -0.2) is 42.4 Å². The average Bonchev–Trinajstić information content (AvgIpc) is 2.46. The summed E-state index contributed by atoms with van der Waals surface area (Å²) in [5, 5.41) is 2.68. The molecule has 0 unspecified atom stereocenters. The topological polar surface area (TPSA) is 75.4 Å². The Balaban J connectivity index is 0.00000200. The van der Waals surface area contributed by atoms with Gasteiger partial charge in [0.1, 0.15) is 0 Å².